The molecule has 0 aliphatic carbocycles. The van der Waals surface area contributed by atoms with Gasteiger partial charge in [-0.05, 0) is 0 Å². The van der Waals surface area contributed by atoms with E-state index in [4.69, 9.17) is 5.11 Å². The lowest BCUT2D eigenvalue weighted by Crippen LogP contribution is -2.20. The highest BCUT2D eigenvalue weighted by Gasteiger charge is 1.99. The molecule has 1 aromatic rings. The molecule has 74 valence electrons. The highest BCUT2D eigenvalue weighted by atomic mass is 32.2. The number of aromatic nitrogens is 3. The van der Waals surface area contributed by atoms with Crippen molar-refractivity contribution in [1.82, 2.24) is 20.1 Å². The van der Waals surface area contributed by atoms with Crippen LogP contribution < -0.4 is 5.32 Å². The zero-order valence-corrected chi connectivity index (χ0v) is 8.42. The highest BCUT2D eigenvalue weighted by Crippen LogP contribution is 2.11. The summed E-state index contributed by atoms with van der Waals surface area (Å²) < 4.78 is 1.89. The van der Waals surface area contributed by atoms with Crippen LogP contribution in [0.5, 0.6) is 0 Å². The van der Waals surface area contributed by atoms with Crippen LogP contribution in [0.3, 0.4) is 0 Å². The molecule has 0 aliphatic heterocycles. The summed E-state index contributed by atoms with van der Waals surface area (Å²) in [5.74, 6) is 0.937. The first-order valence-corrected chi connectivity index (χ1v) is 5.11. The molecule has 13 heavy (non-hydrogen) atoms. The zero-order chi connectivity index (χ0) is 9.52. The summed E-state index contributed by atoms with van der Waals surface area (Å²) >= 11 is 1.65. The third-order valence-electron chi connectivity index (χ3n) is 1.47. The smallest absolute Gasteiger partial charge is 0.190 e. The van der Waals surface area contributed by atoms with Gasteiger partial charge in [0.1, 0.15) is 6.33 Å². The molecule has 6 heteroatoms. The number of thioether (sulfide) groups is 1. The van der Waals surface area contributed by atoms with Gasteiger partial charge in [-0.25, -0.2) is 0 Å². The maximum Gasteiger partial charge on any atom is 0.190 e. The van der Waals surface area contributed by atoms with Crippen molar-refractivity contribution in [3.63, 3.8) is 0 Å². The third kappa shape index (κ3) is 3.75. The Morgan fingerprint density at radius 1 is 1.62 bits per heavy atom. The predicted molar refractivity (Wildman–Crippen MR) is 51.7 cm³/mol. The Balaban J connectivity index is 2.10. The van der Waals surface area contributed by atoms with E-state index >= 15 is 0 Å². The van der Waals surface area contributed by atoms with E-state index in [1.807, 2.05) is 11.6 Å². The van der Waals surface area contributed by atoms with Crippen molar-refractivity contribution in [3.8, 4) is 0 Å². The van der Waals surface area contributed by atoms with Gasteiger partial charge in [-0.1, -0.05) is 11.8 Å². The first-order chi connectivity index (χ1) is 6.34. The fraction of sp³-hybridized carbons (Fsp3) is 0.714. The quantitative estimate of drug-likeness (QED) is 0.480. The number of nitrogens with zero attached hydrogens (tertiary/aromatic N) is 3. The van der Waals surface area contributed by atoms with E-state index in [2.05, 4.69) is 15.5 Å². The van der Waals surface area contributed by atoms with E-state index in [1.54, 1.807) is 18.1 Å². The van der Waals surface area contributed by atoms with Crippen LogP contribution in [0, 0.1) is 0 Å². The number of aliphatic hydroxyl groups excluding tert-OH is 1. The predicted octanol–water partition coefficient (Wildman–Crippen LogP) is -0.511. The van der Waals surface area contributed by atoms with Gasteiger partial charge in [-0.2, -0.15) is 0 Å². The van der Waals surface area contributed by atoms with Gasteiger partial charge in [0.25, 0.3) is 0 Å². The molecule has 0 bridgehead atoms. The number of nitrogens with one attached hydrogen (secondary N) is 1. The Kier molecular flexibility index (Phi) is 4.81. The van der Waals surface area contributed by atoms with E-state index in [-0.39, 0.29) is 6.61 Å². The zero-order valence-electron chi connectivity index (χ0n) is 7.60. The lowest BCUT2D eigenvalue weighted by molar-refractivity contribution is 0.294. The lowest BCUT2D eigenvalue weighted by atomic mass is 10.6. The van der Waals surface area contributed by atoms with Crippen molar-refractivity contribution in [1.29, 1.82) is 0 Å². The van der Waals surface area contributed by atoms with Crippen LogP contribution in [-0.2, 0) is 7.05 Å². The van der Waals surface area contributed by atoms with E-state index in [0.717, 1.165) is 17.5 Å². The molecule has 2 N–H and O–H groups in total. The van der Waals surface area contributed by atoms with Gasteiger partial charge in [-0.3, -0.25) is 0 Å². The molecule has 0 spiro atoms. The van der Waals surface area contributed by atoms with Crippen molar-refractivity contribution in [2.45, 2.75) is 5.16 Å². The molecule has 0 radical (unpaired) electrons. The van der Waals surface area contributed by atoms with Gasteiger partial charge < -0.3 is 15.0 Å². The summed E-state index contributed by atoms with van der Waals surface area (Å²) in [6.07, 6.45) is 1.68. The topological polar surface area (TPSA) is 63.0 Å². The van der Waals surface area contributed by atoms with Gasteiger partial charge in [0.05, 0.1) is 6.61 Å². The third-order valence-corrected chi connectivity index (χ3v) is 2.50. The standard InChI is InChI=1S/C7H14N4OS/c1-11-6-9-10-7(11)13-5-3-8-2-4-12/h6,8,12H,2-5H2,1H3. The monoisotopic (exact) mass is 202 g/mol. The van der Waals surface area contributed by atoms with Gasteiger partial charge in [0, 0.05) is 25.9 Å². The van der Waals surface area contributed by atoms with Crippen LogP contribution in [0.15, 0.2) is 11.5 Å². The molecule has 1 heterocycles. The Morgan fingerprint density at radius 2 is 2.46 bits per heavy atom. The van der Waals surface area contributed by atoms with Gasteiger partial charge >= 0.3 is 0 Å². The second-order valence-electron chi connectivity index (χ2n) is 2.55. The fourth-order valence-electron chi connectivity index (χ4n) is 0.822. The largest absolute Gasteiger partial charge is 0.395 e. The Morgan fingerprint density at radius 3 is 3.08 bits per heavy atom. The minimum atomic E-state index is 0.189. The Hall–Kier alpha value is -0.590. The summed E-state index contributed by atoms with van der Waals surface area (Å²) in [6, 6.07) is 0. The van der Waals surface area contributed by atoms with Crippen LogP contribution in [-0.4, -0.2) is 45.3 Å². The molecule has 0 fully saturated rings. The van der Waals surface area contributed by atoms with E-state index in [0.29, 0.717) is 6.54 Å². The van der Waals surface area contributed by atoms with E-state index in [9.17, 15) is 0 Å². The maximum atomic E-state index is 8.50. The number of aryl methyl sites for hydroxylation is 1. The molecular formula is C7H14N4OS. The first kappa shape index (κ1) is 10.5. The van der Waals surface area contributed by atoms with Crippen molar-refractivity contribution in [2.75, 3.05) is 25.4 Å². The van der Waals surface area contributed by atoms with Crippen molar-refractivity contribution in [3.05, 3.63) is 6.33 Å². The molecule has 0 saturated carbocycles. The minimum absolute atomic E-state index is 0.189. The Bertz CT molecular complexity index is 240. The molecular weight excluding hydrogens is 188 g/mol. The molecule has 1 rings (SSSR count). The number of hydrogen-bond acceptors (Lipinski definition) is 5. The number of aliphatic hydroxyl groups is 1. The minimum Gasteiger partial charge on any atom is -0.395 e. The summed E-state index contributed by atoms with van der Waals surface area (Å²) in [7, 11) is 1.92. The van der Waals surface area contributed by atoms with Crippen LogP contribution in [0.2, 0.25) is 0 Å². The van der Waals surface area contributed by atoms with Crippen LogP contribution in [0.1, 0.15) is 0 Å². The number of rotatable bonds is 6. The molecule has 0 saturated heterocycles. The Labute approximate surface area is 81.6 Å². The van der Waals surface area contributed by atoms with Gasteiger partial charge in [0.15, 0.2) is 5.16 Å². The summed E-state index contributed by atoms with van der Waals surface area (Å²) in [5.41, 5.74) is 0. The molecule has 0 amide bonds. The average molecular weight is 202 g/mol. The molecule has 0 aromatic carbocycles. The van der Waals surface area contributed by atoms with Crippen molar-refractivity contribution in [2.24, 2.45) is 7.05 Å². The van der Waals surface area contributed by atoms with Crippen LogP contribution >= 0.6 is 11.8 Å². The lowest BCUT2D eigenvalue weighted by Gasteiger charge is -2.01. The van der Waals surface area contributed by atoms with Gasteiger partial charge in [-0.15, -0.1) is 10.2 Å². The molecule has 1 aromatic heterocycles. The molecule has 0 unspecified atom stereocenters. The van der Waals surface area contributed by atoms with Gasteiger partial charge in [0.2, 0.25) is 0 Å². The van der Waals surface area contributed by atoms with E-state index < -0.39 is 0 Å². The summed E-state index contributed by atoms with van der Waals surface area (Å²) in [4.78, 5) is 0. The maximum absolute atomic E-state index is 8.50. The van der Waals surface area contributed by atoms with Crippen molar-refractivity contribution < 1.29 is 5.11 Å². The van der Waals surface area contributed by atoms with E-state index in [1.165, 1.54) is 0 Å². The number of hydrogen-bond donors (Lipinski definition) is 2. The normalized spacial score (nSPS) is 10.6. The fourth-order valence-corrected chi connectivity index (χ4v) is 1.61. The van der Waals surface area contributed by atoms with Crippen LogP contribution in [0.25, 0.3) is 0 Å². The van der Waals surface area contributed by atoms with Crippen molar-refractivity contribution >= 4 is 11.8 Å². The van der Waals surface area contributed by atoms with Crippen LogP contribution in [0.4, 0.5) is 0 Å². The first-order valence-electron chi connectivity index (χ1n) is 4.13. The molecule has 5 nitrogen and oxygen atoms in total. The average Bonchev–Trinajstić information content (AvgIpc) is 2.52. The highest BCUT2D eigenvalue weighted by molar-refractivity contribution is 7.99. The SMILES string of the molecule is Cn1cnnc1SCCNCCO. The second kappa shape index (κ2) is 5.95. The molecule has 0 atom stereocenters. The summed E-state index contributed by atoms with van der Waals surface area (Å²) in [6.45, 7) is 1.71. The molecule has 0 aliphatic rings. The second-order valence-corrected chi connectivity index (χ2v) is 3.61. The summed E-state index contributed by atoms with van der Waals surface area (Å²) in [5, 5.41) is 20.2.